The maximum atomic E-state index is 12.2. The van der Waals surface area contributed by atoms with Crippen molar-refractivity contribution in [2.24, 2.45) is 4.99 Å². The lowest BCUT2D eigenvalue weighted by Crippen LogP contribution is -2.35. The first-order chi connectivity index (χ1) is 9.60. The summed E-state index contributed by atoms with van der Waals surface area (Å²) in [6.45, 7) is -2.21. The van der Waals surface area contributed by atoms with Crippen LogP contribution in [0.4, 0.5) is 8.78 Å². The van der Waals surface area contributed by atoms with Crippen LogP contribution in [0.5, 0.6) is 11.5 Å². The van der Waals surface area contributed by atoms with Gasteiger partial charge in [-0.05, 0) is 24.1 Å². The molecule has 112 valence electrons. The second-order valence-corrected chi connectivity index (χ2v) is 3.86. The van der Waals surface area contributed by atoms with Gasteiger partial charge in [0.2, 0.25) is 0 Å². The number of halogens is 2. The fraction of sp³-hybridized carbons (Fsp3) is 0.462. The quantitative estimate of drug-likeness (QED) is 0.617. The molecule has 5 nitrogen and oxygen atoms in total. The van der Waals surface area contributed by atoms with E-state index >= 15 is 0 Å². The third-order valence-corrected chi connectivity index (χ3v) is 2.61. The van der Waals surface area contributed by atoms with E-state index in [1.54, 1.807) is 26.2 Å². The van der Waals surface area contributed by atoms with Crippen molar-refractivity contribution in [3.05, 3.63) is 23.8 Å². The molecule has 2 N–H and O–H groups in total. The van der Waals surface area contributed by atoms with E-state index in [-0.39, 0.29) is 5.75 Å². The molecule has 0 saturated heterocycles. The van der Waals surface area contributed by atoms with Crippen LogP contribution in [0, 0.1) is 0 Å². The number of benzene rings is 1. The molecule has 0 unspecified atom stereocenters. The van der Waals surface area contributed by atoms with Crippen LogP contribution in [-0.2, 0) is 6.42 Å². The zero-order chi connectivity index (χ0) is 15.0. The third kappa shape index (κ3) is 4.91. The van der Waals surface area contributed by atoms with Crippen molar-refractivity contribution < 1.29 is 18.3 Å². The molecule has 0 aliphatic rings. The van der Waals surface area contributed by atoms with Crippen LogP contribution in [0.15, 0.2) is 23.2 Å². The molecule has 0 atom stereocenters. The van der Waals surface area contributed by atoms with Crippen LogP contribution in [0.1, 0.15) is 5.56 Å². The number of aliphatic imine (C=N–C) groups is 1. The van der Waals surface area contributed by atoms with Crippen molar-refractivity contribution in [2.75, 3.05) is 27.7 Å². The molecule has 7 heteroatoms. The maximum absolute atomic E-state index is 12.2. The van der Waals surface area contributed by atoms with Crippen molar-refractivity contribution in [1.82, 2.24) is 10.6 Å². The lowest BCUT2D eigenvalue weighted by molar-refractivity contribution is -0.0512. The first-order valence-electron chi connectivity index (χ1n) is 6.10. The first kappa shape index (κ1) is 16.0. The third-order valence-electron chi connectivity index (χ3n) is 2.61. The molecule has 20 heavy (non-hydrogen) atoms. The summed E-state index contributed by atoms with van der Waals surface area (Å²) in [6.07, 6.45) is 0.700. The van der Waals surface area contributed by atoms with Gasteiger partial charge < -0.3 is 20.1 Å². The van der Waals surface area contributed by atoms with Gasteiger partial charge in [0.05, 0.1) is 7.11 Å². The van der Waals surface area contributed by atoms with Crippen molar-refractivity contribution in [3.8, 4) is 11.5 Å². The largest absolute Gasteiger partial charge is 0.493 e. The van der Waals surface area contributed by atoms with Crippen LogP contribution in [0.25, 0.3) is 0 Å². The van der Waals surface area contributed by atoms with E-state index in [4.69, 9.17) is 4.74 Å². The van der Waals surface area contributed by atoms with E-state index in [0.717, 1.165) is 5.56 Å². The van der Waals surface area contributed by atoms with Crippen molar-refractivity contribution in [3.63, 3.8) is 0 Å². The van der Waals surface area contributed by atoms with Gasteiger partial charge in [0.25, 0.3) is 0 Å². The Kier molecular flexibility index (Phi) is 6.55. The summed E-state index contributed by atoms with van der Waals surface area (Å²) in [4.78, 5) is 3.98. The average molecular weight is 287 g/mol. The molecule has 0 bridgehead atoms. The normalized spacial score (nSPS) is 11.4. The molecule has 1 aromatic rings. The fourth-order valence-electron chi connectivity index (χ4n) is 1.67. The fourth-order valence-corrected chi connectivity index (χ4v) is 1.67. The predicted octanol–water partition coefficient (Wildman–Crippen LogP) is 1.63. The number of guanidine groups is 1. The summed E-state index contributed by atoms with van der Waals surface area (Å²) in [5, 5.41) is 6.00. The number of nitrogens with one attached hydrogen (secondary N) is 2. The Morgan fingerprint density at radius 2 is 2.10 bits per heavy atom. The minimum absolute atomic E-state index is 0.0326. The summed E-state index contributed by atoms with van der Waals surface area (Å²) in [5.74, 6) is 1.01. The van der Waals surface area contributed by atoms with E-state index in [9.17, 15) is 8.78 Å². The monoisotopic (exact) mass is 287 g/mol. The zero-order valence-electron chi connectivity index (χ0n) is 11.7. The topological polar surface area (TPSA) is 54.9 Å². The number of nitrogens with zero attached hydrogens (tertiary/aromatic N) is 1. The number of hydrogen-bond donors (Lipinski definition) is 2. The molecule has 0 aliphatic carbocycles. The number of hydrogen-bond acceptors (Lipinski definition) is 3. The van der Waals surface area contributed by atoms with Gasteiger partial charge in [0, 0.05) is 20.6 Å². The highest BCUT2D eigenvalue weighted by Gasteiger charge is 2.10. The second kappa shape index (κ2) is 8.19. The Bertz CT molecular complexity index is 453. The highest BCUT2D eigenvalue weighted by molar-refractivity contribution is 5.79. The van der Waals surface area contributed by atoms with Crippen molar-refractivity contribution in [1.29, 1.82) is 0 Å². The van der Waals surface area contributed by atoms with E-state index in [0.29, 0.717) is 24.7 Å². The smallest absolute Gasteiger partial charge is 0.387 e. The van der Waals surface area contributed by atoms with Crippen LogP contribution in [0.3, 0.4) is 0 Å². The lowest BCUT2D eigenvalue weighted by atomic mass is 10.1. The summed E-state index contributed by atoms with van der Waals surface area (Å²) in [5.41, 5.74) is 0.947. The molecular formula is C13H19F2N3O2. The highest BCUT2D eigenvalue weighted by atomic mass is 19.3. The molecule has 0 spiro atoms. The molecular weight excluding hydrogens is 268 g/mol. The molecule has 0 saturated carbocycles. The van der Waals surface area contributed by atoms with Gasteiger partial charge in [-0.3, -0.25) is 4.99 Å². The Labute approximate surface area is 117 Å². The minimum Gasteiger partial charge on any atom is -0.493 e. The van der Waals surface area contributed by atoms with Crippen molar-refractivity contribution in [2.45, 2.75) is 13.0 Å². The van der Waals surface area contributed by atoms with Gasteiger partial charge in [-0.25, -0.2) is 0 Å². The van der Waals surface area contributed by atoms with Crippen LogP contribution >= 0.6 is 0 Å². The minimum atomic E-state index is -2.87. The molecule has 0 aliphatic heterocycles. The summed E-state index contributed by atoms with van der Waals surface area (Å²) in [7, 11) is 4.87. The van der Waals surface area contributed by atoms with Crippen molar-refractivity contribution >= 4 is 5.96 Å². The SMILES string of the molecule is CN=C(NC)NCCc1ccc(OC(F)F)c(OC)c1. The lowest BCUT2D eigenvalue weighted by Gasteiger charge is -2.12. The van der Waals surface area contributed by atoms with E-state index in [1.165, 1.54) is 13.2 Å². The highest BCUT2D eigenvalue weighted by Crippen LogP contribution is 2.29. The number of methoxy groups -OCH3 is 1. The molecule has 0 fully saturated rings. The van der Waals surface area contributed by atoms with Gasteiger partial charge in [0.1, 0.15) is 0 Å². The molecule has 0 aromatic heterocycles. The number of alkyl halides is 2. The Hall–Kier alpha value is -2.05. The van der Waals surface area contributed by atoms with Crippen LogP contribution in [-0.4, -0.2) is 40.3 Å². The summed E-state index contributed by atoms with van der Waals surface area (Å²) >= 11 is 0. The van der Waals surface area contributed by atoms with E-state index < -0.39 is 6.61 Å². The van der Waals surface area contributed by atoms with Crippen LogP contribution in [0.2, 0.25) is 0 Å². The van der Waals surface area contributed by atoms with E-state index in [2.05, 4.69) is 20.4 Å². The Balaban J connectivity index is 2.63. The van der Waals surface area contributed by atoms with Gasteiger partial charge >= 0.3 is 6.61 Å². The average Bonchev–Trinajstić information content (AvgIpc) is 2.44. The number of rotatable bonds is 6. The molecule has 0 heterocycles. The van der Waals surface area contributed by atoms with Gasteiger partial charge in [0.15, 0.2) is 17.5 Å². The standard InChI is InChI=1S/C13H19F2N3O2/c1-16-13(17-2)18-7-6-9-4-5-10(20-12(14)15)11(8-9)19-3/h4-5,8,12H,6-7H2,1-3H3,(H2,16,17,18). The zero-order valence-corrected chi connectivity index (χ0v) is 11.7. The summed E-state index contributed by atoms with van der Waals surface area (Å²) < 4.78 is 33.8. The number of ether oxygens (including phenoxy) is 2. The maximum Gasteiger partial charge on any atom is 0.387 e. The van der Waals surface area contributed by atoms with Gasteiger partial charge in [-0.1, -0.05) is 6.07 Å². The van der Waals surface area contributed by atoms with Crippen LogP contribution < -0.4 is 20.1 Å². The second-order valence-electron chi connectivity index (χ2n) is 3.86. The molecule has 0 radical (unpaired) electrons. The van der Waals surface area contributed by atoms with Gasteiger partial charge in [-0.2, -0.15) is 8.78 Å². The molecule has 0 amide bonds. The summed E-state index contributed by atoms with van der Waals surface area (Å²) in [6, 6.07) is 4.89. The Morgan fingerprint density at radius 1 is 1.35 bits per heavy atom. The predicted molar refractivity (Wildman–Crippen MR) is 73.8 cm³/mol. The van der Waals surface area contributed by atoms with E-state index in [1.807, 2.05) is 0 Å². The molecule has 1 aromatic carbocycles. The molecule has 1 rings (SSSR count). The Morgan fingerprint density at radius 3 is 2.65 bits per heavy atom. The van der Waals surface area contributed by atoms with Gasteiger partial charge in [-0.15, -0.1) is 0 Å². The first-order valence-corrected chi connectivity index (χ1v) is 6.10.